The average Bonchev–Trinajstić information content (AvgIpc) is 1.81. The Morgan fingerprint density at radius 2 is 2.10 bits per heavy atom. The molecule has 0 aromatic carbocycles. The number of halogens is 1. The van der Waals surface area contributed by atoms with Crippen molar-refractivity contribution in [1.29, 1.82) is 0 Å². The Balaban J connectivity index is 3.36. The van der Waals surface area contributed by atoms with E-state index in [1.54, 1.807) is 6.92 Å². The number of hydrogen-bond acceptors (Lipinski definition) is 2. The Morgan fingerprint density at radius 3 is 2.40 bits per heavy atom. The van der Waals surface area contributed by atoms with E-state index in [1.165, 1.54) is 0 Å². The minimum atomic E-state index is -0.577. The van der Waals surface area contributed by atoms with Gasteiger partial charge in [-0.2, -0.15) is 0 Å². The van der Waals surface area contributed by atoms with Crippen molar-refractivity contribution in [3.63, 3.8) is 0 Å². The van der Waals surface area contributed by atoms with Gasteiger partial charge in [0.1, 0.15) is 0 Å². The molecule has 0 spiro atoms. The maximum Gasteiger partial charge on any atom is 0.0882 e. The van der Waals surface area contributed by atoms with Crippen LogP contribution in [0.15, 0.2) is 0 Å². The zero-order valence-corrected chi connectivity index (χ0v) is 7.49. The van der Waals surface area contributed by atoms with Crippen LogP contribution < -0.4 is 11.5 Å². The first-order chi connectivity index (χ1) is 4.45. The molecule has 0 bridgehead atoms. The molecule has 0 aliphatic rings. The number of alkyl halides is 1. The highest BCUT2D eigenvalue weighted by Gasteiger charge is 2.14. The summed E-state index contributed by atoms with van der Waals surface area (Å²) in [5.41, 5.74) is 11.2. The van der Waals surface area contributed by atoms with Crippen LogP contribution in [0.25, 0.3) is 0 Å². The lowest BCUT2D eigenvalue weighted by atomic mass is 10.1. The third kappa shape index (κ3) is 6.33. The van der Waals surface area contributed by atoms with E-state index < -0.39 is 5.00 Å². The predicted octanol–water partition coefficient (Wildman–Crippen LogP) is 1.42. The lowest BCUT2D eigenvalue weighted by molar-refractivity contribution is 0.498. The van der Waals surface area contributed by atoms with Crippen molar-refractivity contribution >= 4 is 11.6 Å². The first kappa shape index (κ1) is 10.2. The summed E-state index contributed by atoms with van der Waals surface area (Å²) < 4.78 is 0. The van der Waals surface area contributed by atoms with Crippen LogP contribution in [-0.4, -0.2) is 11.0 Å². The maximum absolute atomic E-state index is 5.76. The maximum atomic E-state index is 5.76. The monoisotopic (exact) mass is 164 g/mol. The van der Waals surface area contributed by atoms with Gasteiger partial charge >= 0.3 is 0 Å². The van der Waals surface area contributed by atoms with Crippen molar-refractivity contribution in [2.75, 3.05) is 0 Å². The van der Waals surface area contributed by atoms with Crippen LogP contribution in [0.2, 0.25) is 0 Å². The van der Waals surface area contributed by atoms with Crippen LogP contribution in [0.5, 0.6) is 0 Å². The van der Waals surface area contributed by atoms with E-state index in [2.05, 4.69) is 6.92 Å². The van der Waals surface area contributed by atoms with Gasteiger partial charge < -0.3 is 11.5 Å². The molecule has 2 unspecified atom stereocenters. The lowest BCUT2D eigenvalue weighted by Gasteiger charge is -2.17. The molecule has 0 amide bonds. The second-order valence-electron chi connectivity index (χ2n) is 2.99. The van der Waals surface area contributed by atoms with E-state index in [0.717, 1.165) is 19.3 Å². The van der Waals surface area contributed by atoms with E-state index >= 15 is 0 Å². The first-order valence-electron chi connectivity index (χ1n) is 3.69. The summed E-state index contributed by atoms with van der Waals surface area (Å²) in [7, 11) is 0. The summed E-state index contributed by atoms with van der Waals surface area (Å²) in [6.45, 7) is 3.86. The second kappa shape index (κ2) is 4.16. The van der Waals surface area contributed by atoms with E-state index in [9.17, 15) is 0 Å². The van der Waals surface area contributed by atoms with Crippen molar-refractivity contribution in [2.45, 2.75) is 44.1 Å². The minimum absolute atomic E-state index is 0.252. The molecule has 2 atom stereocenters. The summed E-state index contributed by atoms with van der Waals surface area (Å²) in [5, 5.41) is 0. The molecule has 0 aromatic heterocycles. The van der Waals surface area contributed by atoms with Crippen LogP contribution in [-0.2, 0) is 0 Å². The Bertz CT molecular complexity index is 88.1. The molecule has 10 heavy (non-hydrogen) atoms. The van der Waals surface area contributed by atoms with E-state index in [0.29, 0.717) is 0 Å². The zero-order chi connectivity index (χ0) is 8.20. The van der Waals surface area contributed by atoms with Crippen LogP contribution in [0, 0.1) is 0 Å². The molecule has 4 N–H and O–H groups in total. The Hall–Kier alpha value is 0.210. The molecule has 0 heterocycles. The molecular weight excluding hydrogens is 148 g/mol. The van der Waals surface area contributed by atoms with Crippen molar-refractivity contribution in [3.8, 4) is 0 Å². The fourth-order valence-corrected chi connectivity index (χ4v) is 0.781. The molecule has 0 fully saturated rings. The van der Waals surface area contributed by atoms with Gasteiger partial charge in [-0.05, 0) is 26.2 Å². The fraction of sp³-hybridized carbons (Fsp3) is 1.00. The zero-order valence-electron chi connectivity index (χ0n) is 6.73. The van der Waals surface area contributed by atoms with Gasteiger partial charge in [-0.25, -0.2) is 0 Å². The number of nitrogens with two attached hydrogens (primary N) is 2. The summed E-state index contributed by atoms with van der Waals surface area (Å²) in [5.74, 6) is 0. The molecule has 0 aliphatic heterocycles. The summed E-state index contributed by atoms with van der Waals surface area (Å²) >= 11 is 5.76. The lowest BCUT2D eigenvalue weighted by Crippen LogP contribution is -2.31. The van der Waals surface area contributed by atoms with Gasteiger partial charge in [-0.15, -0.1) is 11.6 Å². The smallest absolute Gasteiger partial charge is 0.0882 e. The summed E-state index contributed by atoms with van der Waals surface area (Å²) in [4.78, 5) is -0.577. The normalized spacial score (nSPS) is 20.1. The minimum Gasteiger partial charge on any atom is -0.328 e. The van der Waals surface area contributed by atoms with Gasteiger partial charge in [-0.1, -0.05) is 6.92 Å². The van der Waals surface area contributed by atoms with Crippen molar-refractivity contribution in [2.24, 2.45) is 11.5 Å². The SMILES string of the molecule is CCC(N)CCC(C)(N)Cl. The summed E-state index contributed by atoms with van der Waals surface area (Å²) in [6.07, 6.45) is 2.68. The molecule has 0 aromatic rings. The van der Waals surface area contributed by atoms with Crippen molar-refractivity contribution < 1.29 is 0 Å². The fourth-order valence-electron chi connectivity index (χ4n) is 0.672. The third-order valence-electron chi connectivity index (χ3n) is 1.53. The van der Waals surface area contributed by atoms with Crippen molar-refractivity contribution in [3.05, 3.63) is 0 Å². The highest BCUT2D eigenvalue weighted by molar-refractivity contribution is 6.23. The quantitative estimate of drug-likeness (QED) is 0.488. The summed E-state index contributed by atoms with van der Waals surface area (Å²) in [6, 6.07) is 0.252. The van der Waals surface area contributed by atoms with Crippen LogP contribution in [0.3, 0.4) is 0 Å². The van der Waals surface area contributed by atoms with Gasteiger partial charge in [0.2, 0.25) is 0 Å². The van der Waals surface area contributed by atoms with Crippen LogP contribution in [0.4, 0.5) is 0 Å². The number of rotatable bonds is 4. The number of hydrogen-bond donors (Lipinski definition) is 2. The van der Waals surface area contributed by atoms with Gasteiger partial charge in [-0.3, -0.25) is 0 Å². The van der Waals surface area contributed by atoms with E-state index in [-0.39, 0.29) is 6.04 Å². The Kier molecular flexibility index (Phi) is 4.25. The highest BCUT2D eigenvalue weighted by Crippen LogP contribution is 2.14. The van der Waals surface area contributed by atoms with Gasteiger partial charge in [0, 0.05) is 6.04 Å². The molecule has 0 rings (SSSR count). The molecular formula is C7H17ClN2. The molecule has 2 nitrogen and oxygen atoms in total. The van der Waals surface area contributed by atoms with Gasteiger partial charge in [0.05, 0.1) is 5.00 Å². The Morgan fingerprint density at radius 1 is 1.60 bits per heavy atom. The molecule has 0 saturated heterocycles. The molecule has 0 saturated carbocycles. The van der Waals surface area contributed by atoms with Crippen molar-refractivity contribution in [1.82, 2.24) is 0 Å². The molecule has 62 valence electrons. The molecule has 0 aliphatic carbocycles. The van der Waals surface area contributed by atoms with E-state index in [4.69, 9.17) is 23.1 Å². The van der Waals surface area contributed by atoms with Gasteiger partial charge in [0.15, 0.2) is 0 Å². The van der Waals surface area contributed by atoms with Crippen LogP contribution >= 0.6 is 11.6 Å². The largest absolute Gasteiger partial charge is 0.328 e. The molecule has 3 heteroatoms. The predicted molar refractivity (Wildman–Crippen MR) is 45.9 cm³/mol. The van der Waals surface area contributed by atoms with E-state index in [1.807, 2.05) is 0 Å². The third-order valence-corrected chi connectivity index (χ3v) is 1.72. The highest BCUT2D eigenvalue weighted by atomic mass is 35.5. The average molecular weight is 165 g/mol. The second-order valence-corrected chi connectivity index (χ2v) is 3.85. The molecule has 0 radical (unpaired) electrons. The van der Waals surface area contributed by atoms with Gasteiger partial charge in [0.25, 0.3) is 0 Å². The Labute approximate surface area is 67.9 Å². The topological polar surface area (TPSA) is 52.0 Å². The standard InChI is InChI=1S/C7H17ClN2/c1-3-6(9)4-5-7(2,8)10/h6H,3-5,9-10H2,1-2H3. The first-order valence-corrected chi connectivity index (χ1v) is 4.07. The van der Waals surface area contributed by atoms with Crippen LogP contribution in [0.1, 0.15) is 33.1 Å².